The van der Waals surface area contributed by atoms with E-state index < -0.39 is 0 Å². The summed E-state index contributed by atoms with van der Waals surface area (Å²) < 4.78 is 12.9. The third-order valence-corrected chi connectivity index (χ3v) is 5.11. The highest BCUT2D eigenvalue weighted by atomic mass is 16.5. The minimum atomic E-state index is -0.341. The van der Waals surface area contributed by atoms with Gasteiger partial charge in [-0.15, -0.1) is 0 Å². The van der Waals surface area contributed by atoms with Crippen LogP contribution in [0.2, 0.25) is 0 Å². The Balaban J connectivity index is 1.63. The van der Waals surface area contributed by atoms with Crippen LogP contribution in [0.4, 0.5) is 17.5 Å². The smallest absolute Gasteiger partial charge is 0.238 e. The molecule has 166 valence electrons. The van der Waals surface area contributed by atoms with E-state index in [1.807, 2.05) is 43.7 Å². The molecule has 4 heterocycles. The lowest BCUT2D eigenvalue weighted by atomic mass is 10.1. The Morgan fingerprint density at radius 1 is 1.06 bits per heavy atom. The molecule has 0 unspecified atom stereocenters. The summed E-state index contributed by atoms with van der Waals surface area (Å²) in [6.07, 6.45) is 6.97. The maximum absolute atomic E-state index is 5.50. The third-order valence-electron chi connectivity index (χ3n) is 5.11. The highest BCUT2D eigenvalue weighted by molar-refractivity contribution is 5.88. The van der Waals surface area contributed by atoms with Crippen LogP contribution >= 0.6 is 0 Å². The molecule has 0 amide bonds. The summed E-state index contributed by atoms with van der Waals surface area (Å²) in [5.74, 6) is 1.50. The summed E-state index contributed by atoms with van der Waals surface area (Å²) in [5, 5.41) is 7.40. The van der Waals surface area contributed by atoms with Crippen molar-refractivity contribution in [3.05, 3.63) is 43.1 Å². The van der Waals surface area contributed by atoms with Gasteiger partial charge in [-0.1, -0.05) is 0 Å². The van der Waals surface area contributed by atoms with Crippen LogP contribution in [0.25, 0.3) is 22.3 Å². The second-order valence-electron chi connectivity index (χ2n) is 7.88. The van der Waals surface area contributed by atoms with Crippen molar-refractivity contribution in [3.63, 3.8) is 0 Å². The Hall–Kier alpha value is -3.79. The maximum Gasteiger partial charge on any atom is 0.238 e. The number of methoxy groups -OCH3 is 2. The average Bonchev–Trinajstić information content (AvgIpc) is 3.23. The van der Waals surface area contributed by atoms with Gasteiger partial charge in [-0.2, -0.15) is 0 Å². The van der Waals surface area contributed by atoms with Crippen LogP contribution in [-0.4, -0.2) is 55.9 Å². The van der Waals surface area contributed by atoms with Gasteiger partial charge in [-0.25, -0.2) is 24.9 Å². The first-order chi connectivity index (χ1) is 15.4. The SMILES string of the molecule is COc1nc(-c2cncn2C)ccc1Nc1ncc2ccnc(NCC(C)(C)OC)c2n1. The van der Waals surface area contributed by atoms with Crippen molar-refractivity contribution in [2.75, 3.05) is 31.4 Å². The Kier molecular flexibility index (Phi) is 5.87. The third kappa shape index (κ3) is 4.45. The minimum absolute atomic E-state index is 0.341. The maximum atomic E-state index is 5.50. The quantitative estimate of drug-likeness (QED) is 0.431. The second-order valence-corrected chi connectivity index (χ2v) is 7.88. The van der Waals surface area contributed by atoms with Gasteiger partial charge in [0.05, 0.1) is 36.6 Å². The number of nitrogens with one attached hydrogen (secondary N) is 2. The molecular formula is C22H26N8O2. The lowest BCUT2D eigenvalue weighted by molar-refractivity contribution is 0.0343. The lowest BCUT2D eigenvalue weighted by Gasteiger charge is -2.23. The van der Waals surface area contributed by atoms with Crippen LogP contribution < -0.4 is 15.4 Å². The molecule has 0 radical (unpaired) electrons. The number of hydrogen-bond acceptors (Lipinski definition) is 9. The number of pyridine rings is 2. The van der Waals surface area contributed by atoms with Crippen molar-refractivity contribution >= 4 is 28.4 Å². The monoisotopic (exact) mass is 434 g/mol. The fraction of sp³-hybridized carbons (Fsp3) is 0.318. The Bertz CT molecular complexity index is 1240. The number of nitrogens with zero attached hydrogens (tertiary/aromatic N) is 6. The van der Waals surface area contributed by atoms with Crippen LogP contribution in [0.5, 0.6) is 5.88 Å². The summed E-state index contributed by atoms with van der Waals surface area (Å²) in [6.45, 7) is 4.58. The molecule has 0 aliphatic carbocycles. The van der Waals surface area contributed by atoms with Gasteiger partial charge in [0, 0.05) is 38.5 Å². The largest absolute Gasteiger partial charge is 0.479 e. The van der Waals surface area contributed by atoms with Crippen molar-refractivity contribution in [2.45, 2.75) is 19.4 Å². The molecule has 0 spiro atoms. The molecule has 0 saturated carbocycles. The first-order valence-corrected chi connectivity index (χ1v) is 10.1. The topological polar surface area (TPSA) is 112 Å². The Morgan fingerprint density at radius 2 is 1.91 bits per heavy atom. The fourth-order valence-corrected chi connectivity index (χ4v) is 3.07. The molecular weight excluding hydrogens is 408 g/mol. The molecule has 0 fully saturated rings. The van der Waals surface area contributed by atoms with Gasteiger partial charge in [0.1, 0.15) is 11.2 Å². The second kappa shape index (κ2) is 8.75. The molecule has 0 aliphatic heterocycles. The first-order valence-electron chi connectivity index (χ1n) is 10.1. The summed E-state index contributed by atoms with van der Waals surface area (Å²) >= 11 is 0. The molecule has 0 bridgehead atoms. The van der Waals surface area contributed by atoms with Crippen LogP contribution in [0.15, 0.2) is 43.1 Å². The standard InChI is InChI=1S/C22H26N8O2/c1-22(2,32-5)12-26-19-18-14(8-9-24-19)10-25-21(29-18)28-16-7-6-15(27-20(16)31-4)17-11-23-13-30(17)3/h6-11,13H,12H2,1-5H3,(H,24,26)(H,25,28,29). The van der Waals surface area contributed by atoms with E-state index >= 15 is 0 Å². The van der Waals surface area contributed by atoms with E-state index in [-0.39, 0.29) is 5.60 Å². The number of anilines is 3. The fourth-order valence-electron chi connectivity index (χ4n) is 3.07. The molecule has 0 atom stereocenters. The number of hydrogen-bond donors (Lipinski definition) is 2. The lowest BCUT2D eigenvalue weighted by Crippen LogP contribution is -2.32. The highest BCUT2D eigenvalue weighted by Gasteiger charge is 2.17. The molecule has 0 aliphatic rings. The van der Waals surface area contributed by atoms with E-state index in [2.05, 4.69) is 35.6 Å². The van der Waals surface area contributed by atoms with Crippen LogP contribution in [-0.2, 0) is 11.8 Å². The molecule has 4 aromatic rings. The number of ether oxygens (including phenoxy) is 2. The number of fused-ring (bicyclic) bond motifs is 1. The van der Waals surface area contributed by atoms with E-state index in [9.17, 15) is 0 Å². The molecule has 2 N–H and O–H groups in total. The molecule has 4 rings (SSSR count). The molecule has 10 heteroatoms. The summed E-state index contributed by atoms with van der Waals surface area (Å²) in [4.78, 5) is 22.3. The van der Waals surface area contributed by atoms with Crippen molar-refractivity contribution in [1.29, 1.82) is 0 Å². The number of aryl methyl sites for hydroxylation is 1. The average molecular weight is 435 g/mol. The molecule has 32 heavy (non-hydrogen) atoms. The zero-order valence-corrected chi connectivity index (χ0v) is 18.7. The summed E-state index contributed by atoms with van der Waals surface area (Å²) in [5.41, 5.74) is 2.65. The van der Waals surface area contributed by atoms with Gasteiger partial charge in [0.15, 0.2) is 5.82 Å². The normalized spacial score (nSPS) is 11.5. The van der Waals surface area contributed by atoms with E-state index in [1.165, 1.54) is 0 Å². The van der Waals surface area contributed by atoms with Crippen LogP contribution in [0.3, 0.4) is 0 Å². The van der Waals surface area contributed by atoms with Gasteiger partial charge in [-0.05, 0) is 32.0 Å². The summed E-state index contributed by atoms with van der Waals surface area (Å²) in [6, 6.07) is 5.64. The van der Waals surface area contributed by atoms with Crippen LogP contribution in [0.1, 0.15) is 13.8 Å². The van der Waals surface area contributed by atoms with Gasteiger partial charge in [0.25, 0.3) is 0 Å². The van der Waals surface area contributed by atoms with Crippen molar-refractivity contribution in [2.24, 2.45) is 7.05 Å². The molecule has 0 saturated heterocycles. The molecule has 4 aromatic heterocycles. The van der Waals surface area contributed by atoms with E-state index in [0.717, 1.165) is 16.8 Å². The Labute approximate surface area is 186 Å². The van der Waals surface area contributed by atoms with Crippen molar-refractivity contribution in [3.8, 4) is 17.3 Å². The minimum Gasteiger partial charge on any atom is -0.479 e. The Morgan fingerprint density at radius 3 is 2.62 bits per heavy atom. The summed E-state index contributed by atoms with van der Waals surface area (Å²) in [7, 11) is 5.17. The van der Waals surface area contributed by atoms with Crippen molar-refractivity contribution in [1.82, 2.24) is 29.5 Å². The van der Waals surface area contributed by atoms with Gasteiger partial charge >= 0.3 is 0 Å². The molecule has 10 nitrogen and oxygen atoms in total. The van der Waals surface area contributed by atoms with E-state index in [1.54, 1.807) is 39.1 Å². The predicted molar refractivity (Wildman–Crippen MR) is 123 cm³/mol. The van der Waals surface area contributed by atoms with E-state index in [4.69, 9.17) is 9.47 Å². The van der Waals surface area contributed by atoms with Gasteiger partial charge in [0.2, 0.25) is 11.8 Å². The zero-order chi connectivity index (χ0) is 22.7. The first kappa shape index (κ1) is 21.4. The van der Waals surface area contributed by atoms with E-state index in [0.29, 0.717) is 35.4 Å². The zero-order valence-electron chi connectivity index (χ0n) is 18.7. The number of imidazole rings is 1. The van der Waals surface area contributed by atoms with Gasteiger partial charge < -0.3 is 24.7 Å². The van der Waals surface area contributed by atoms with Crippen molar-refractivity contribution < 1.29 is 9.47 Å². The van der Waals surface area contributed by atoms with Crippen LogP contribution in [0, 0.1) is 0 Å². The number of aromatic nitrogens is 6. The van der Waals surface area contributed by atoms with Gasteiger partial charge in [-0.3, -0.25) is 0 Å². The number of rotatable bonds is 8. The highest BCUT2D eigenvalue weighted by Crippen LogP contribution is 2.29. The predicted octanol–water partition coefficient (Wildman–Crippen LogP) is 3.41. The molecule has 0 aromatic carbocycles.